The molecule has 0 radical (unpaired) electrons. The summed E-state index contributed by atoms with van der Waals surface area (Å²) in [5, 5.41) is 5.39. The van der Waals surface area contributed by atoms with E-state index >= 15 is 0 Å². The fraction of sp³-hybridized carbons (Fsp3) is 0.500. The summed E-state index contributed by atoms with van der Waals surface area (Å²) in [5.41, 5.74) is -0.377. The first kappa shape index (κ1) is 13.9. The van der Waals surface area contributed by atoms with E-state index in [-0.39, 0.29) is 12.2 Å². The van der Waals surface area contributed by atoms with Gasteiger partial charge in [-0.3, -0.25) is 4.79 Å². The number of halogens is 2. The lowest BCUT2D eigenvalue weighted by atomic mass is 9.95. The second kappa shape index (κ2) is 6.61. The highest BCUT2D eigenvalue weighted by Crippen LogP contribution is 2.18. The van der Waals surface area contributed by atoms with Crippen molar-refractivity contribution < 1.29 is 13.6 Å². The van der Waals surface area contributed by atoms with E-state index in [1.54, 1.807) is 0 Å². The van der Waals surface area contributed by atoms with Crippen molar-refractivity contribution in [3.8, 4) is 0 Å². The van der Waals surface area contributed by atoms with Gasteiger partial charge in [-0.15, -0.1) is 0 Å². The first-order valence-electron chi connectivity index (χ1n) is 6.64. The van der Waals surface area contributed by atoms with Crippen molar-refractivity contribution in [3.05, 3.63) is 29.8 Å². The van der Waals surface area contributed by atoms with Gasteiger partial charge in [0.1, 0.15) is 17.3 Å². The van der Waals surface area contributed by atoms with Crippen LogP contribution in [0.5, 0.6) is 0 Å². The Hall–Kier alpha value is -1.49. The van der Waals surface area contributed by atoms with Crippen LogP contribution < -0.4 is 10.6 Å². The first-order valence-corrected chi connectivity index (χ1v) is 6.64. The zero-order chi connectivity index (χ0) is 13.7. The van der Waals surface area contributed by atoms with E-state index in [2.05, 4.69) is 10.6 Å². The van der Waals surface area contributed by atoms with E-state index in [4.69, 9.17) is 0 Å². The molecule has 1 aromatic rings. The van der Waals surface area contributed by atoms with E-state index in [9.17, 15) is 13.6 Å². The minimum absolute atomic E-state index is 0.0818. The zero-order valence-corrected chi connectivity index (χ0v) is 10.7. The topological polar surface area (TPSA) is 41.1 Å². The van der Waals surface area contributed by atoms with Gasteiger partial charge in [0, 0.05) is 6.04 Å². The molecule has 0 heterocycles. The minimum atomic E-state index is -0.758. The molecule has 3 nitrogen and oxygen atoms in total. The number of benzene rings is 1. The van der Waals surface area contributed by atoms with Crippen LogP contribution in [-0.2, 0) is 4.79 Å². The van der Waals surface area contributed by atoms with Gasteiger partial charge in [-0.25, -0.2) is 8.78 Å². The van der Waals surface area contributed by atoms with Gasteiger partial charge in [0.15, 0.2) is 0 Å². The summed E-state index contributed by atoms with van der Waals surface area (Å²) in [7, 11) is 0. The highest BCUT2D eigenvalue weighted by molar-refractivity contribution is 5.92. The van der Waals surface area contributed by atoms with Gasteiger partial charge in [-0.05, 0) is 25.0 Å². The highest BCUT2D eigenvalue weighted by atomic mass is 19.1. The molecule has 1 aliphatic rings. The predicted molar refractivity (Wildman–Crippen MR) is 69.9 cm³/mol. The molecule has 0 unspecified atom stereocenters. The maximum absolute atomic E-state index is 13.3. The average molecular weight is 268 g/mol. The van der Waals surface area contributed by atoms with Gasteiger partial charge in [0.25, 0.3) is 0 Å². The van der Waals surface area contributed by atoms with Crippen LogP contribution in [0.15, 0.2) is 18.2 Å². The molecule has 104 valence electrons. The van der Waals surface area contributed by atoms with Crippen LogP contribution in [0.4, 0.5) is 14.5 Å². The number of hydrogen-bond acceptors (Lipinski definition) is 2. The van der Waals surface area contributed by atoms with Crippen molar-refractivity contribution in [2.45, 2.75) is 38.1 Å². The van der Waals surface area contributed by atoms with Crippen LogP contribution in [0, 0.1) is 11.6 Å². The monoisotopic (exact) mass is 268 g/mol. The second-order valence-corrected chi connectivity index (χ2v) is 4.86. The fourth-order valence-electron chi connectivity index (χ4n) is 2.34. The summed E-state index contributed by atoms with van der Waals surface area (Å²) in [6.45, 7) is 0.0818. The van der Waals surface area contributed by atoms with Crippen LogP contribution in [0.25, 0.3) is 0 Å². The van der Waals surface area contributed by atoms with Crippen LogP contribution in [0.3, 0.4) is 0 Å². The molecule has 1 saturated carbocycles. The third-order valence-electron chi connectivity index (χ3n) is 3.38. The summed E-state index contributed by atoms with van der Waals surface area (Å²) >= 11 is 0. The molecule has 0 bridgehead atoms. The maximum Gasteiger partial charge on any atom is 0.238 e. The van der Waals surface area contributed by atoms with E-state index in [1.807, 2.05) is 0 Å². The average Bonchev–Trinajstić information content (AvgIpc) is 2.42. The Kier molecular flexibility index (Phi) is 4.85. The third-order valence-corrected chi connectivity index (χ3v) is 3.38. The number of amides is 1. The van der Waals surface area contributed by atoms with Crippen molar-refractivity contribution in [1.82, 2.24) is 5.32 Å². The van der Waals surface area contributed by atoms with E-state index in [0.29, 0.717) is 6.04 Å². The lowest BCUT2D eigenvalue weighted by Gasteiger charge is -2.22. The minimum Gasteiger partial charge on any atom is -0.320 e. The van der Waals surface area contributed by atoms with Gasteiger partial charge in [-0.1, -0.05) is 25.3 Å². The Morgan fingerprint density at radius 3 is 2.42 bits per heavy atom. The van der Waals surface area contributed by atoms with Gasteiger partial charge < -0.3 is 10.6 Å². The summed E-state index contributed by atoms with van der Waals surface area (Å²) in [6.07, 6.45) is 5.69. The smallest absolute Gasteiger partial charge is 0.238 e. The van der Waals surface area contributed by atoms with Gasteiger partial charge in [0.05, 0.1) is 6.54 Å². The van der Waals surface area contributed by atoms with Crippen LogP contribution in [0.2, 0.25) is 0 Å². The number of carbonyl (C=O) groups excluding carboxylic acids is 1. The molecule has 0 saturated heterocycles. The Bertz CT molecular complexity index is 425. The molecule has 0 spiro atoms. The Balaban J connectivity index is 1.83. The van der Waals surface area contributed by atoms with Crippen LogP contribution in [0.1, 0.15) is 32.1 Å². The molecule has 0 aromatic heterocycles. The molecule has 1 aromatic carbocycles. The molecule has 2 rings (SSSR count). The van der Waals surface area contributed by atoms with Crippen molar-refractivity contribution in [2.24, 2.45) is 0 Å². The molecule has 19 heavy (non-hydrogen) atoms. The van der Waals surface area contributed by atoms with Gasteiger partial charge in [0.2, 0.25) is 5.91 Å². The number of nitrogens with one attached hydrogen (secondary N) is 2. The molecule has 1 aliphatic carbocycles. The van der Waals surface area contributed by atoms with Crippen molar-refractivity contribution in [3.63, 3.8) is 0 Å². The van der Waals surface area contributed by atoms with E-state index in [0.717, 1.165) is 25.0 Å². The third kappa shape index (κ3) is 3.99. The Morgan fingerprint density at radius 2 is 1.79 bits per heavy atom. The standard InChI is InChI=1S/C14H18F2N2O/c15-11-7-4-8-12(16)14(11)18-13(19)9-17-10-5-2-1-3-6-10/h4,7-8,10,17H,1-3,5-6,9H2,(H,18,19). The van der Waals surface area contributed by atoms with Crippen LogP contribution >= 0.6 is 0 Å². The molecule has 1 fully saturated rings. The number of anilines is 1. The van der Waals surface area contributed by atoms with Gasteiger partial charge >= 0.3 is 0 Å². The Morgan fingerprint density at radius 1 is 1.16 bits per heavy atom. The number of carbonyl (C=O) groups is 1. The molecule has 2 N–H and O–H groups in total. The van der Waals surface area contributed by atoms with E-state index < -0.39 is 17.5 Å². The van der Waals surface area contributed by atoms with Crippen molar-refractivity contribution in [2.75, 3.05) is 11.9 Å². The molecule has 0 atom stereocenters. The lowest BCUT2D eigenvalue weighted by molar-refractivity contribution is -0.115. The number of para-hydroxylation sites is 1. The second-order valence-electron chi connectivity index (χ2n) is 4.86. The summed E-state index contributed by atoms with van der Waals surface area (Å²) in [5.74, 6) is -1.94. The highest BCUT2D eigenvalue weighted by Gasteiger charge is 2.15. The maximum atomic E-state index is 13.3. The van der Waals surface area contributed by atoms with Gasteiger partial charge in [-0.2, -0.15) is 0 Å². The largest absolute Gasteiger partial charge is 0.320 e. The summed E-state index contributed by atoms with van der Waals surface area (Å²) in [4.78, 5) is 11.7. The lowest BCUT2D eigenvalue weighted by Crippen LogP contribution is -2.37. The van der Waals surface area contributed by atoms with Crippen molar-refractivity contribution in [1.29, 1.82) is 0 Å². The van der Waals surface area contributed by atoms with Crippen LogP contribution in [-0.4, -0.2) is 18.5 Å². The van der Waals surface area contributed by atoms with E-state index in [1.165, 1.54) is 25.3 Å². The molecular formula is C14H18F2N2O. The number of hydrogen-bond donors (Lipinski definition) is 2. The molecule has 1 amide bonds. The summed E-state index contributed by atoms with van der Waals surface area (Å²) < 4.78 is 26.7. The fourth-order valence-corrected chi connectivity index (χ4v) is 2.34. The zero-order valence-electron chi connectivity index (χ0n) is 10.7. The molecular weight excluding hydrogens is 250 g/mol. The summed E-state index contributed by atoms with van der Waals surface area (Å²) in [6, 6.07) is 3.84. The molecule has 0 aliphatic heterocycles. The molecule has 5 heteroatoms. The van der Waals surface area contributed by atoms with Crippen molar-refractivity contribution >= 4 is 11.6 Å². The number of rotatable bonds is 4. The normalized spacial score (nSPS) is 16.3. The first-order chi connectivity index (χ1) is 9.16. The predicted octanol–water partition coefficient (Wildman–Crippen LogP) is 2.83. The SMILES string of the molecule is O=C(CNC1CCCCC1)Nc1c(F)cccc1F. The Labute approximate surface area is 111 Å². The quantitative estimate of drug-likeness (QED) is 0.881.